The fraction of sp³-hybridized carbons (Fsp3) is 0.105. The Balaban J connectivity index is 1.75. The van der Waals surface area contributed by atoms with Crippen molar-refractivity contribution in [1.29, 1.82) is 0 Å². The quantitative estimate of drug-likeness (QED) is 0.401. The van der Waals surface area contributed by atoms with Gasteiger partial charge < -0.3 is 9.15 Å². The highest BCUT2D eigenvalue weighted by molar-refractivity contribution is 6.35. The third-order valence-electron chi connectivity index (χ3n) is 4.14. The molecule has 0 saturated heterocycles. The van der Waals surface area contributed by atoms with E-state index in [4.69, 9.17) is 44.0 Å². The molecule has 4 rings (SSSR count). The van der Waals surface area contributed by atoms with Crippen molar-refractivity contribution in [2.75, 3.05) is 7.11 Å². The van der Waals surface area contributed by atoms with Gasteiger partial charge in [-0.2, -0.15) is 5.10 Å². The first-order valence-corrected chi connectivity index (χ1v) is 9.28. The molecule has 0 saturated carbocycles. The van der Waals surface area contributed by atoms with Gasteiger partial charge >= 0.3 is 0 Å². The molecule has 0 aliphatic heterocycles. The third kappa shape index (κ3) is 3.46. The number of methoxy groups -OCH3 is 1. The number of ether oxygens (including phenoxy) is 1. The number of rotatable bonds is 4. The maximum absolute atomic E-state index is 6.14. The topological polar surface area (TPSA) is 66.0 Å². The van der Waals surface area contributed by atoms with Crippen LogP contribution in [0, 0.1) is 6.92 Å². The monoisotopic (exact) mass is 434 g/mol. The maximum atomic E-state index is 6.14. The van der Waals surface area contributed by atoms with E-state index < -0.39 is 0 Å². The smallest absolute Gasteiger partial charge is 0.251 e. The zero-order valence-corrected chi connectivity index (χ0v) is 17.0. The van der Waals surface area contributed by atoms with Crippen molar-refractivity contribution < 1.29 is 9.15 Å². The van der Waals surface area contributed by atoms with Crippen LogP contribution in [0.1, 0.15) is 5.69 Å². The molecule has 28 heavy (non-hydrogen) atoms. The van der Waals surface area contributed by atoms with Crippen LogP contribution in [-0.2, 0) is 0 Å². The van der Waals surface area contributed by atoms with E-state index in [0.717, 1.165) is 5.69 Å². The van der Waals surface area contributed by atoms with Crippen LogP contribution >= 0.6 is 34.8 Å². The van der Waals surface area contributed by atoms with Gasteiger partial charge in [0, 0.05) is 20.6 Å². The third-order valence-corrected chi connectivity index (χ3v) is 4.82. The molecule has 4 aromatic rings. The van der Waals surface area contributed by atoms with Crippen molar-refractivity contribution in [3.05, 3.63) is 63.4 Å². The molecule has 142 valence electrons. The second-order valence-corrected chi connectivity index (χ2v) is 7.25. The summed E-state index contributed by atoms with van der Waals surface area (Å²) in [6, 6.07) is 10.4. The minimum absolute atomic E-state index is 0.312. The number of aromatic nitrogens is 4. The molecule has 2 aromatic heterocycles. The molecule has 2 heterocycles. The lowest BCUT2D eigenvalue weighted by Crippen LogP contribution is -2.02. The molecular formula is C19H13Cl3N4O2. The number of hydrogen-bond acceptors (Lipinski definition) is 5. The van der Waals surface area contributed by atoms with Crippen molar-refractivity contribution in [3.8, 4) is 34.3 Å². The number of hydrogen-bond donors (Lipinski definition) is 0. The Bertz CT molecular complexity index is 1150. The second-order valence-electron chi connectivity index (χ2n) is 5.94. The molecule has 2 aromatic carbocycles. The summed E-state index contributed by atoms with van der Waals surface area (Å²) in [5.74, 6) is 1.28. The summed E-state index contributed by atoms with van der Waals surface area (Å²) in [5.41, 5.74) is 2.83. The van der Waals surface area contributed by atoms with Crippen LogP contribution < -0.4 is 4.74 Å². The molecule has 0 radical (unpaired) electrons. The van der Waals surface area contributed by atoms with E-state index in [9.17, 15) is 0 Å². The summed E-state index contributed by atoms with van der Waals surface area (Å²) in [5, 5.41) is 14.2. The van der Waals surface area contributed by atoms with E-state index in [-0.39, 0.29) is 0 Å². The fourth-order valence-corrected chi connectivity index (χ4v) is 3.51. The SMILES string of the molecule is COc1ccc(Cl)cc1-n1ncc(-c2nnc(-c3cc(Cl)cc(Cl)c3)o2)c1C. The van der Waals surface area contributed by atoms with Gasteiger partial charge in [0.25, 0.3) is 5.89 Å². The zero-order valence-electron chi connectivity index (χ0n) is 14.8. The maximum Gasteiger partial charge on any atom is 0.251 e. The van der Waals surface area contributed by atoms with Crippen molar-refractivity contribution in [1.82, 2.24) is 20.0 Å². The van der Waals surface area contributed by atoms with Gasteiger partial charge in [-0.25, -0.2) is 4.68 Å². The van der Waals surface area contributed by atoms with E-state index >= 15 is 0 Å². The molecule has 6 nitrogen and oxygen atoms in total. The first-order chi connectivity index (χ1) is 13.5. The minimum atomic E-state index is 0.312. The van der Waals surface area contributed by atoms with Crippen molar-refractivity contribution in [2.24, 2.45) is 0 Å². The average Bonchev–Trinajstić information content (AvgIpc) is 3.27. The van der Waals surface area contributed by atoms with Gasteiger partial charge in [0.05, 0.1) is 24.6 Å². The molecule has 0 atom stereocenters. The van der Waals surface area contributed by atoms with Gasteiger partial charge in [0.15, 0.2) is 0 Å². The Morgan fingerprint density at radius 1 is 0.929 bits per heavy atom. The van der Waals surface area contributed by atoms with Crippen LogP contribution in [0.5, 0.6) is 5.75 Å². The minimum Gasteiger partial charge on any atom is -0.494 e. The molecule has 0 spiro atoms. The largest absolute Gasteiger partial charge is 0.494 e. The lowest BCUT2D eigenvalue weighted by atomic mass is 10.2. The predicted molar refractivity (Wildman–Crippen MR) is 109 cm³/mol. The predicted octanol–water partition coefficient (Wildman–Crippen LogP) is 5.87. The van der Waals surface area contributed by atoms with E-state index in [1.165, 1.54) is 0 Å². The Morgan fingerprint density at radius 3 is 2.36 bits per heavy atom. The summed E-state index contributed by atoms with van der Waals surface area (Å²) in [4.78, 5) is 0. The Morgan fingerprint density at radius 2 is 1.64 bits per heavy atom. The van der Waals surface area contributed by atoms with Crippen LogP contribution in [-0.4, -0.2) is 27.1 Å². The van der Waals surface area contributed by atoms with Gasteiger partial charge in [-0.1, -0.05) is 34.8 Å². The van der Waals surface area contributed by atoms with Crippen LogP contribution in [0.3, 0.4) is 0 Å². The van der Waals surface area contributed by atoms with Crippen LogP contribution in [0.4, 0.5) is 0 Å². The molecule has 0 aliphatic rings. The van der Waals surface area contributed by atoms with Crippen LogP contribution in [0.15, 0.2) is 47.0 Å². The summed E-state index contributed by atoms with van der Waals surface area (Å²) in [6.07, 6.45) is 1.65. The summed E-state index contributed by atoms with van der Waals surface area (Å²) in [6.45, 7) is 1.89. The number of halogens is 3. The first kappa shape index (κ1) is 18.8. The molecule has 0 fully saturated rings. The summed E-state index contributed by atoms with van der Waals surface area (Å²) >= 11 is 18.2. The molecule has 9 heteroatoms. The second kappa shape index (κ2) is 7.47. The Kier molecular flexibility index (Phi) is 5.02. The van der Waals surface area contributed by atoms with Crippen molar-refractivity contribution >= 4 is 34.8 Å². The van der Waals surface area contributed by atoms with Gasteiger partial charge in [-0.05, 0) is 43.3 Å². The van der Waals surface area contributed by atoms with Gasteiger partial charge in [0.2, 0.25) is 5.89 Å². The number of benzene rings is 2. The van der Waals surface area contributed by atoms with E-state index in [1.807, 2.05) is 6.92 Å². The normalized spacial score (nSPS) is 11.0. The summed E-state index contributed by atoms with van der Waals surface area (Å²) < 4.78 is 12.9. The highest BCUT2D eigenvalue weighted by atomic mass is 35.5. The van der Waals surface area contributed by atoms with Gasteiger partial charge in [-0.3, -0.25) is 0 Å². The average molecular weight is 436 g/mol. The van der Waals surface area contributed by atoms with Crippen LogP contribution in [0.2, 0.25) is 15.1 Å². The number of nitrogens with zero attached hydrogens (tertiary/aromatic N) is 4. The van der Waals surface area contributed by atoms with E-state index in [1.54, 1.807) is 54.4 Å². The fourth-order valence-electron chi connectivity index (χ4n) is 2.82. The highest BCUT2D eigenvalue weighted by Crippen LogP contribution is 2.32. The highest BCUT2D eigenvalue weighted by Gasteiger charge is 2.19. The lowest BCUT2D eigenvalue weighted by molar-refractivity contribution is 0.411. The van der Waals surface area contributed by atoms with Crippen molar-refractivity contribution in [2.45, 2.75) is 6.92 Å². The molecule has 0 aliphatic carbocycles. The van der Waals surface area contributed by atoms with Crippen LogP contribution in [0.25, 0.3) is 28.6 Å². The Labute approximate surface area is 175 Å². The Hall–Kier alpha value is -2.54. The summed E-state index contributed by atoms with van der Waals surface area (Å²) in [7, 11) is 1.59. The van der Waals surface area contributed by atoms with E-state index in [2.05, 4.69) is 15.3 Å². The standard InChI is InChI=1S/C19H13Cl3N4O2/c1-10-15(9-23-26(10)16-8-12(20)3-4-17(16)27-2)19-25-24-18(28-19)11-5-13(21)7-14(22)6-11/h3-9H,1-2H3. The molecule has 0 N–H and O–H groups in total. The molecule has 0 unspecified atom stereocenters. The molecule has 0 bridgehead atoms. The van der Waals surface area contributed by atoms with E-state index in [0.29, 0.717) is 49.4 Å². The zero-order chi connectivity index (χ0) is 19.8. The molecular weight excluding hydrogens is 423 g/mol. The van der Waals surface area contributed by atoms with Crippen molar-refractivity contribution in [3.63, 3.8) is 0 Å². The first-order valence-electron chi connectivity index (χ1n) is 8.15. The van der Waals surface area contributed by atoms with Gasteiger partial charge in [0.1, 0.15) is 11.4 Å². The molecule has 0 amide bonds. The van der Waals surface area contributed by atoms with Gasteiger partial charge in [-0.15, -0.1) is 10.2 Å². The lowest BCUT2D eigenvalue weighted by Gasteiger charge is -2.10.